The van der Waals surface area contributed by atoms with Gasteiger partial charge in [-0.2, -0.15) is 29.3 Å². The van der Waals surface area contributed by atoms with E-state index < -0.39 is 41.5 Å². The highest BCUT2D eigenvalue weighted by Crippen LogP contribution is 2.51. The maximum atomic E-state index is 17.4. The Morgan fingerprint density at radius 2 is 2.06 bits per heavy atom. The van der Waals surface area contributed by atoms with Crippen molar-refractivity contribution >= 4 is 60.8 Å². The van der Waals surface area contributed by atoms with Crippen LogP contribution in [0.4, 0.5) is 33.2 Å². The van der Waals surface area contributed by atoms with Gasteiger partial charge in [0, 0.05) is 30.5 Å². The largest absolute Gasteiger partial charge is 0.489 e. The van der Waals surface area contributed by atoms with Gasteiger partial charge in [0.05, 0.1) is 44.8 Å². The number of thiophene rings is 1. The van der Waals surface area contributed by atoms with Gasteiger partial charge < -0.3 is 25.0 Å². The average Bonchev–Trinajstić information content (AvgIpc) is 3.95. The van der Waals surface area contributed by atoms with Crippen molar-refractivity contribution in [2.24, 2.45) is 0 Å². The summed E-state index contributed by atoms with van der Waals surface area (Å²) < 4.78 is 74.2. The normalized spacial score (nSPS) is 23.9. The van der Waals surface area contributed by atoms with Gasteiger partial charge in [0.2, 0.25) is 0 Å². The zero-order valence-electron chi connectivity index (χ0n) is 28.7. The summed E-state index contributed by atoms with van der Waals surface area (Å²) in [4.78, 5) is 31.7. The van der Waals surface area contributed by atoms with E-state index in [-0.39, 0.29) is 104 Å². The minimum Gasteiger partial charge on any atom is -0.489 e. The summed E-state index contributed by atoms with van der Waals surface area (Å²) in [6, 6.07) is 2.92. The van der Waals surface area contributed by atoms with Crippen LogP contribution in [-0.4, -0.2) is 104 Å². The molecule has 5 aromatic rings. The second kappa shape index (κ2) is 12.8. The van der Waals surface area contributed by atoms with Gasteiger partial charge >= 0.3 is 18.1 Å². The third-order valence-corrected chi connectivity index (χ3v) is 12.6. The minimum absolute atomic E-state index is 0.0171. The molecule has 19 heteroatoms. The van der Waals surface area contributed by atoms with Gasteiger partial charge in [0.25, 0.3) is 0 Å². The van der Waals surface area contributed by atoms with Crippen molar-refractivity contribution in [3.05, 3.63) is 46.8 Å². The molecule has 4 aliphatic heterocycles. The van der Waals surface area contributed by atoms with Crippen LogP contribution in [-0.2, 0) is 0 Å². The second-order valence-electron chi connectivity index (χ2n) is 14.1. The van der Waals surface area contributed by atoms with Crippen LogP contribution in [0.2, 0.25) is 5.02 Å². The van der Waals surface area contributed by atoms with Crippen LogP contribution in [0.5, 0.6) is 11.8 Å². The van der Waals surface area contributed by atoms with Gasteiger partial charge in [-0.05, 0) is 44.4 Å². The van der Waals surface area contributed by atoms with Crippen molar-refractivity contribution in [2.45, 2.75) is 56.4 Å². The van der Waals surface area contributed by atoms with E-state index in [1.807, 2.05) is 17.9 Å². The smallest absolute Gasteiger partial charge is 0.346 e. The molecular formula is C35H31ClF4N10O3S. The molecule has 3 aromatic heterocycles. The molecule has 0 spiro atoms. The summed E-state index contributed by atoms with van der Waals surface area (Å²) in [6.07, 6.45) is 1.31. The molecule has 0 aliphatic carbocycles. The van der Waals surface area contributed by atoms with Crippen LogP contribution >= 0.6 is 22.9 Å². The fourth-order valence-electron chi connectivity index (χ4n) is 8.79. The Kier molecular flexibility index (Phi) is 8.24. The number of anilines is 2. The Labute approximate surface area is 313 Å². The van der Waals surface area contributed by atoms with E-state index in [0.29, 0.717) is 13.0 Å². The maximum Gasteiger partial charge on any atom is 0.346 e. The Morgan fingerprint density at radius 1 is 1.22 bits per heavy atom. The number of nitrogen functional groups attached to an aromatic ring is 1. The van der Waals surface area contributed by atoms with Gasteiger partial charge in [0.15, 0.2) is 11.6 Å². The minimum atomic E-state index is -1.03. The van der Waals surface area contributed by atoms with E-state index in [4.69, 9.17) is 31.8 Å². The molecule has 9 rings (SSSR count). The number of nitrogens with zero attached hydrogens (tertiary/aromatic N) is 9. The molecule has 280 valence electrons. The fourth-order valence-corrected chi connectivity index (χ4v) is 10.1. The van der Waals surface area contributed by atoms with Crippen molar-refractivity contribution < 1.29 is 31.8 Å². The molecule has 2 N–H and O–H groups in total. The Balaban J connectivity index is 1.21. The highest BCUT2D eigenvalue weighted by molar-refractivity contribution is 7.23. The summed E-state index contributed by atoms with van der Waals surface area (Å²) in [5.74, 6) is -1.22. The van der Waals surface area contributed by atoms with E-state index in [2.05, 4.69) is 20.0 Å². The van der Waals surface area contributed by atoms with Crippen molar-refractivity contribution in [3.63, 3.8) is 0 Å². The number of ether oxygens (including phenoxy) is 2. The van der Waals surface area contributed by atoms with Crippen LogP contribution in [0.3, 0.4) is 0 Å². The topological polar surface area (TPSA) is 152 Å². The van der Waals surface area contributed by atoms with E-state index in [1.165, 1.54) is 6.07 Å². The molecular weight excluding hydrogens is 752 g/mol. The molecule has 2 aromatic carbocycles. The molecule has 3 saturated heterocycles. The number of carbonyl (C=O) groups is 1. The lowest BCUT2D eigenvalue weighted by molar-refractivity contribution is 0.107. The zero-order chi connectivity index (χ0) is 37.6. The van der Waals surface area contributed by atoms with Crippen LogP contribution in [0.15, 0.2) is 18.5 Å². The molecule has 3 fully saturated rings. The van der Waals surface area contributed by atoms with Gasteiger partial charge in [0.1, 0.15) is 53.9 Å². The first-order chi connectivity index (χ1) is 26.0. The summed E-state index contributed by atoms with van der Waals surface area (Å²) in [5, 5.41) is 13.7. The standard InChI is InChI=1S/C35H31ClF4N10O3S/c1-16-21(5-8-48(16)34(51)50-15-43-32(40)46-50)49-9-10-52-28-24-27(44-33(45-31(24)49)53-14-35-6-2-7-47(35)13-17(37)11-35)26(39)23(25(28)36)18-3-4-20(38)29-22(18)19(12-41)30(42)54-29/h3-4,15-17,21H,2,5-11,13-14,42H2,1H3/t16-,17-,21-,35+/m1/s1. The number of nitrogens with two attached hydrogens (primary N) is 1. The van der Waals surface area contributed by atoms with E-state index in [9.17, 15) is 18.8 Å². The first-order valence-electron chi connectivity index (χ1n) is 17.4. The number of hydrogen-bond donors (Lipinski definition) is 1. The van der Waals surface area contributed by atoms with Crippen molar-refractivity contribution in [3.8, 4) is 29.0 Å². The molecule has 0 bridgehead atoms. The molecule has 0 radical (unpaired) electrons. The Morgan fingerprint density at radius 3 is 2.83 bits per heavy atom. The fraction of sp³-hybridized carbons (Fsp3) is 0.429. The monoisotopic (exact) mass is 782 g/mol. The lowest BCUT2D eigenvalue weighted by atomic mass is 9.95. The van der Waals surface area contributed by atoms with E-state index in [1.54, 1.807) is 4.90 Å². The van der Waals surface area contributed by atoms with Gasteiger partial charge in [-0.15, -0.1) is 16.4 Å². The number of amides is 1. The summed E-state index contributed by atoms with van der Waals surface area (Å²) >= 11 is 7.94. The number of fused-ring (bicyclic) bond motifs is 2. The van der Waals surface area contributed by atoms with Crippen LogP contribution < -0.4 is 20.1 Å². The number of benzene rings is 2. The number of hydrogen-bond acceptors (Lipinski definition) is 12. The molecule has 0 saturated carbocycles. The number of nitriles is 1. The third-order valence-electron chi connectivity index (χ3n) is 11.2. The molecule has 0 unspecified atom stereocenters. The molecule has 54 heavy (non-hydrogen) atoms. The van der Waals surface area contributed by atoms with Gasteiger partial charge in [-0.1, -0.05) is 17.7 Å². The van der Waals surface area contributed by atoms with Gasteiger partial charge in [-0.3, -0.25) is 4.90 Å². The predicted molar refractivity (Wildman–Crippen MR) is 191 cm³/mol. The zero-order valence-corrected chi connectivity index (χ0v) is 30.2. The molecule has 13 nitrogen and oxygen atoms in total. The number of rotatable bonds is 5. The highest BCUT2D eigenvalue weighted by Gasteiger charge is 2.50. The summed E-state index contributed by atoms with van der Waals surface area (Å²) in [6.45, 7) is 3.51. The lowest BCUT2D eigenvalue weighted by Crippen LogP contribution is -2.48. The first-order valence-corrected chi connectivity index (χ1v) is 18.6. The first kappa shape index (κ1) is 34.8. The molecule has 1 amide bonds. The second-order valence-corrected chi connectivity index (χ2v) is 15.5. The van der Waals surface area contributed by atoms with E-state index >= 15 is 8.78 Å². The molecule has 4 atom stereocenters. The number of halogens is 5. The highest BCUT2D eigenvalue weighted by atomic mass is 35.5. The number of carbonyl (C=O) groups excluding carboxylic acids is 1. The quantitative estimate of drug-likeness (QED) is 0.212. The van der Waals surface area contributed by atoms with Crippen molar-refractivity contribution in [1.82, 2.24) is 34.5 Å². The number of alkyl halides is 1. The van der Waals surface area contributed by atoms with E-state index in [0.717, 1.165) is 47.8 Å². The van der Waals surface area contributed by atoms with Crippen molar-refractivity contribution in [2.75, 3.05) is 50.0 Å². The Bertz CT molecular complexity index is 2420. The molecule has 7 heterocycles. The maximum absolute atomic E-state index is 17.4. The van der Waals surface area contributed by atoms with Crippen LogP contribution in [0.1, 0.15) is 38.2 Å². The number of likely N-dealkylation sites (tertiary alicyclic amines) is 1. The number of aromatic nitrogens is 5. The summed E-state index contributed by atoms with van der Waals surface area (Å²) in [7, 11) is 0. The van der Waals surface area contributed by atoms with Crippen molar-refractivity contribution in [1.29, 1.82) is 5.26 Å². The van der Waals surface area contributed by atoms with Crippen LogP contribution in [0.25, 0.3) is 32.1 Å². The van der Waals surface area contributed by atoms with Gasteiger partial charge in [-0.25, -0.2) is 18.0 Å². The summed E-state index contributed by atoms with van der Waals surface area (Å²) in [5.41, 5.74) is 5.27. The lowest BCUT2D eigenvalue weighted by Gasteiger charge is -2.34. The average molecular weight is 783 g/mol. The SMILES string of the molecule is C[C@@H]1[C@H](N2CCOc3c(Cl)c(-c4ccc(F)c5sc(N)c(C#N)c45)c(F)c4nc(OC[C@@]56CCCN5C[C@H](F)C6)nc2c34)CCN1C(=O)n1cnc(F)n1. The van der Waals surface area contributed by atoms with Crippen LogP contribution in [0, 0.1) is 29.0 Å². The predicted octanol–water partition coefficient (Wildman–Crippen LogP) is 5.91. The Hall–Kier alpha value is -4.99. The third kappa shape index (κ3) is 5.22. The molecule has 4 aliphatic rings.